The number of amides is 1. The monoisotopic (exact) mass is 258 g/mol. The van der Waals surface area contributed by atoms with Crippen LogP contribution in [0, 0.1) is 6.92 Å². The van der Waals surface area contributed by atoms with Crippen LogP contribution in [0.15, 0.2) is 30.3 Å². The number of likely N-dealkylation sites (N-methyl/N-ethyl adjacent to an activating group) is 1. The number of hydrogen-bond donors (Lipinski definition) is 0. The van der Waals surface area contributed by atoms with Gasteiger partial charge < -0.3 is 9.80 Å². The Bertz CT molecular complexity index is 442. The van der Waals surface area contributed by atoms with Gasteiger partial charge in [0.25, 0.3) is 0 Å². The van der Waals surface area contributed by atoms with E-state index in [0.717, 1.165) is 38.3 Å². The van der Waals surface area contributed by atoms with Gasteiger partial charge in [0.05, 0.1) is 0 Å². The molecule has 1 aromatic carbocycles. The van der Waals surface area contributed by atoms with E-state index in [-0.39, 0.29) is 5.91 Å². The second-order valence-corrected chi connectivity index (χ2v) is 5.00. The fourth-order valence-corrected chi connectivity index (χ4v) is 2.23. The second-order valence-electron chi connectivity index (χ2n) is 5.00. The van der Waals surface area contributed by atoms with Crippen molar-refractivity contribution in [2.45, 2.75) is 13.8 Å². The maximum Gasteiger partial charge on any atom is 0.246 e. The van der Waals surface area contributed by atoms with Crippen molar-refractivity contribution >= 4 is 12.0 Å². The summed E-state index contributed by atoms with van der Waals surface area (Å²) in [7, 11) is 0. The minimum Gasteiger partial charge on any atom is -0.337 e. The van der Waals surface area contributed by atoms with E-state index in [0.29, 0.717) is 0 Å². The van der Waals surface area contributed by atoms with E-state index in [1.165, 1.54) is 5.56 Å². The van der Waals surface area contributed by atoms with Crippen molar-refractivity contribution in [3.63, 3.8) is 0 Å². The maximum absolute atomic E-state index is 12.1. The van der Waals surface area contributed by atoms with Crippen LogP contribution in [0.5, 0.6) is 0 Å². The van der Waals surface area contributed by atoms with Crippen LogP contribution in [-0.2, 0) is 4.79 Å². The van der Waals surface area contributed by atoms with E-state index in [4.69, 9.17) is 0 Å². The molecular formula is C16H22N2O. The zero-order chi connectivity index (χ0) is 13.7. The van der Waals surface area contributed by atoms with Crippen LogP contribution in [0.4, 0.5) is 0 Å². The van der Waals surface area contributed by atoms with E-state index in [1.807, 2.05) is 23.1 Å². The van der Waals surface area contributed by atoms with Crippen molar-refractivity contribution in [1.82, 2.24) is 9.80 Å². The Morgan fingerprint density at radius 3 is 2.37 bits per heavy atom. The van der Waals surface area contributed by atoms with Crippen molar-refractivity contribution in [2.24, 2.45) is 0 Å². The normalized spacial score (nSPS) is 17.1. The molecule has 2 rings (SSSR count). The molecule has 1 amide bonds. The van der Waals surface area contributed by atoms with Gasteiger partial charge >= 0.3 is 0 Å². The summed E-state index contributed by atoms with van der Waals surface area (Å²) >= 11 is 0. The molecule has 3 nitrogen and oxygen atoms in total. The van der Waals surface area contributed by atoms with E-state index >= 15 is 0 Å². The smallest absolute Gasteiger partial charge is 0.246 e. The van der Waals surface area contributed by atoms with Gasteiger partial charge in [-0.2, -0.15) is 0 Å². The molecule has 1 aromatic rings. The maximum atomic E-state index is 12.1. The molecule has 19 heavy (non-hydrogen) atoms. The van der Waals surface area contributed by atoms with Gasteiger partial charge in [0.2, 0.25) is 5.91 Å². The van der Waals surface area contributed by atoms with Crippen molar-refractivity contribution in [3.8, 4) is 0 Å². The summed E-state index contributed by atoms with van der Waals surface area (Å²) in [5.41, 5.74) is 2.31. The standard InChI is InChI=1S/C16H22N2O/c1-3-17-10-12-18(13-11-17)16(19)9-8-15-6-4-14(2)5-7-15/h4-9H,3,10-13H2,1-2H3/b9-8+. The number of benzene rings is 1. The highest BCUT2D eigenvalue weighted by atomic mass is 16.2. The number of hydrogen-bond acceptors (Lipinski definition) is 2. The molecular weight excluding hydrogens is 236 g/mol. The first-order valence-electron chi connectivity index (χ1n) is 6.95. The molecule has 1 heterocycles. The van der Waals surface area contributed by atoms with Crippen LogP contribution < -0.4 is 0 Å². The lowest BCUT2D eigenvalue weighted by atomic mass is 10.1. The lowest BCUT2D eigenvalue weighted by Gasteiger charge is -2.33. The molecule has 0 radical (unpaired) electrons. The average molecular weight is 258 g/mol. The molecule has 0 unspecified atom stereocenters. The van der Waals surface area contributed by atoms with Crippen LogP contribution in [-0.4, -0.2) is 48.4 Å². The lowest BCUT2D eigenvalue weighted by molar-refractivity contribution is -0.127. The number of aryl methyl sites for hydroxylation is 1. The minimum atomic E-state index is 0.122. The van der Waals surface area contributed by atoms with Gasteiger partial charge in [-0.3, -0.25) is 4.79 Å². The summed E-state index contributed by atoms with van der Waals surface area (Å²) in [6.07, 6.45) is 3.58. The van der Waals surface area contributed by atoms with Crippen LogP contribution >= 0.6 is 0 Å². The lowest BCUT2D eigenvalue weighted by Crippen LogP contribution is -2.48. The third-order valence-corrected chi connectivity index (χ3v) is 3.63. The third-order valence-electron chi connectivity index (χ3n) is 3.63. The summed E-state index contributed by atoms with van der Waals surface area (Å²) in [6.45, 7) is 8.94. The van der Waals surface area contributed by atoms with Gasteiger partial charge in [-0.05, 0) is 25.1 Å². The molecule has 1 aliphatic rings. The molecule has 1 fully saturated rings. The van der Waals surface area contributed by atoms with E-state index in [9.17, 15) is 4.79 Å². The molecule has 1 aliphatic heterocycles. The predicted molar refractivity (Wildman–Crippen MR) is 78.9 cm³/mol. The predicted octanol–water partition coefficient (Wildman–Crippen LogP) is 2.17. The Hall–Kier alpha value is -1.61. The highest BCUT2D eigenvalue weighted by Crippen LogP contribution is 2.07. The Balaban J connectivity index is 1.89. The molecule has 0 spiro atoms. The van der Waals surface area contributed by atoms with E-state index < -0.39 is 0 Å². The molecule has 3 heteroatoms. The molecule has 0 aliphatic carbocycles. The van der Waals surface area contributed by atoms with Crippen molar-refractivity contribution in [3.05, 3.63) is 41.5 Å². The minimum absolute atomic E-state index is 0.122. The first-order valence-corrected chi connectivity index (χ1v) is 6.95. The number of piperazine rings is 1. The Morgan fingerprint density at radius 2 is 1.79 bits per heavy atom. The SMILES string of the molecule is CCN1CCN(C(=O)/C=C/c2ccc(C)cc2)CC1. The summed E-state index contributed by atoms with van der Waals surface area (Å²) in [6, 6.07) is 8.19. The largest absolute Gasteiger partial charge is 0.337 e. The van der Waals surface area contributed by atoms with E-state index in [1.54, 1.807) is 6.08 Å². The summed E-state index contributed by atoms with van der Waals surface area (Å²) in [4.78, 5) is 16.3. The van der Waals surface area contributed by atoms with Crippen LogP contribution in [0.2, 0.25) is 0 Å². The Morgan fingerprint density at radius 1 is 1.16 bits per heavy atom. The summed E-state index contributed by atoms with van der Waals surface area (Å²) in [5.74, 6) is 0.122. The van der Waals surface area contributed by atoms with Crippen LogP contribution in [0.3, 0.4) is 0 Å². The third kappa shape index (κ3) is 3.93. The number of nitrogens with zero attached hydrogens (tertiary/aromatic N) is 2. The number of carbonyl (C=O) groups is 1. The fraction of sp³-hybridized carbons (Fsp3) is 0.438. The van der Waals surface area contributed by atoms with Crippen molar-refractivity contribution in [2.75, 3.05) is 32.7 Å². The molecule has 0 aromatic heterocycles. The van der Waals surface area contributed by atoms with Crippen LogP contribution in [0.1, 0.15) is 18.1 Å². The van der Waals surface area contributed by atoms with Crippen molar-refractivity contribution in [1.29, 1.82) is 0 Å². The molecule has 0 N–H and O–H groups in total. The van der Waals surface area contributed by atoms with Gasteiger partial charge in [-0.1, -0.05) is 36.8 Å². The molecule has 0 bridgehead atoms. The molecule has 1 saturated heterocycles. The van der Waals surface area contributed by atoms with E-state index in [2.05, 4.69) is 30.9 Å². The summed E-state index contributed by atoms with van der Waals surface area (Å²) in [5, 5.41) is 0. The molecule has 0 atom stereocenters. The van der Waals surface area contributed by atoms with Crippen molar-refractivity contribution < 1.29 is 4.79 Å². The van der Waals surface area contributed by atoms with Gasteiger partial charge in [0, 0.05) is 32.3 Å². The first kappa shape index (κ1) is 13.8. The van der Waals surface area contributed by atoms with Crippen LogP contribution in [0.25, 0.3) is 6.08 Å². The zero-order valence-corrected chi connectivity index (χ0v) is 11.8. The summed E-state index contributed by atoms with van der Waals surface area (Å²) < 4.78 is 0. The van der Waals surface area contributed by atoms with Gasteiger partial charge in [-0.25, -0.2) is 0 Å². The van der Waals surface area contributed by atoms with Gasteiger partial charge in [0.1, 0.15) is 0 Å². The fourth-order valence-electron chi connectivity index (χ4n) is 2.23. The first-order chi connectivity index (χ1) is 9.19. The Labute approximate surface area is 115 Å². The topological polar surface area (TPSA) is 23.6 Å². The highest BCUT2D eigenvalue weighted by Gasteiger charge is 2.17. The van der Waals surface area contributed by atoms with Gasteiger partial charge in [-0.15, -0.1) is 0 Å². The number of rotatable bonds is 3. The highest BCUT2D eigenvalue weighted by molar-refractivity contribution is 5.91. The zero-order valence-electron chi connectivity index (χ0n) is 11.8. The number of carbonyl (C=O) groups excluding carboxylic acids is 1. The van der Waals surface area contributed by atoms with Gasteiger partial charge in [0.15, 0.2) is 0 Å². The molecule has 102 valence electrons. The second kappa shape index (κ2) is 6.53. The average Bonchev–Trinajstić information content (AvgIpc) is 2.46. The Kier molecular flexibility index (Phi) is 4.74. The quantitative estimate of drug-likeness (QED) is 0.776. The molecule has 0 saturated carbocycles.